The Morgan fingerprint density at radius 3 is 2.53 bits per heavy atom. The van der Waals surface area contributed by atoms with Crippen molar-refractivity contribution in [1.29, 1.82) is 0 Å². The highest BCUT2D eigenvalue weighted by atomic mass is 35.5. The number of benzene rings is 2. The molecule has 2 aromatic carbocycles. The second-order valence-corrected chi connectivity index (χ2v) is 9.40. The summed E-state index contributed by atoms with van der Waals surface area (Å²) in [4.78, 5) is 38.7. The van der Waals surface area contributed by atoms with Crippen LogP contribution in [0.25, 0.3) is 0 Å². The zero-order chi connectivity index (χ0) is 26.1. The third-order valence-corrected chi connectivity index (χ3v) is 7.06. The predicted molar refractivity (Wildman–Crippen MR) is 124 cm³/mol. The number of ether oxygens (including phenoxy) is 2. The Morgan fingerprint density at radius 2 is 1.86 bits per heavy atom. The van der Waals surface area contributed by atoms with Gasteiger partial charge in [0.25, 0.3) is 5.91 Å². The van der Waals surface area contributed by atoms with Crippen molar-refractivity contribution in [3.8, 4) is 5.75 Å². The van der Waals surface area contributed by atoms with Crippen molar-refractivity contribution in [3.63, 3.8) is 0 Å². The van der Waals surface area contributed by atoms with Crippen LogP contribution < -0.4 is 15.4 Å². The lowest BCUT2D eigenvalue weighted by Crippen LogP contribution is -2.57. The summed E-state index contributed by atoms with van der Waals surface area (Å²) < 4.78 is 46.5. The number of halogens is 5. The average Bonchev–Trinajstić information content (AvgIpc) is 3.34. The van der Waals surface area contributed by atoms with E-state index in [1.54, 1.807) is 6.07 Å². The standard InChI is InChI=1S/C24H21Cl2F3N2O5/c25-17-8-5-14(10-18(17)26)16(22(34)31-23-9-1-2-20(23)35-12-19(23)32)11-30-21(33)13-3-6-15(7-4-13)36-24(27,28)29/h3-8,10,16,20H,1-2,9,11-12H2,(H,30,33)(H,31,34). The molecule has 2 fully saturated rings. The van der Waals surface area contributed by atoms with Crippen LogP contribution in [0.1, 0.15) is 41.1 Å². The van der Waals surface area contributed by atoms with E-state index < -0.39 is 41.5 Å². The Morgan fingerprint density at radius 1 is 1.14 bits per heavy atom. The van der Waals surface area contributed by atoms with Gasteiger partial charge < -0.3 is 20.1 Å². The van der Waals surface area contributed by atoms with Crippen LogP contribution in [0.5, 0.6) is 5.75 Å². The number of ketones is 1. The molecule has 3 atom stereocenters. The van der Waals surface area contributed by atoms with E-state index in [0.717, 1.165) is 18.6 Å². The summed E-state index contributed by atoms with van der Waals surface area (Å²) in [5, 5.41) is 5.97. The zero-order valence-electron chi connectivity index (χ0n) is 18.7. The van der Waals surface area contributed by atoms with Gasteiger partial charge in [-0.05, 0) is 61.2 Å². The van der Waals surface area contributed by atoms with Crippen molar-refractivity contribution in [1.82, 2.24) is 10.6 Å². The molecule has 1 saturated carbocycles. The first kappa shape index (κ1) is 26.2. The van der Waals surface area contributed by atoms with Gasteiger partial charge in [0.2, 0.25) is 5.91 Å². The lowest BCUT2D eigenvalue weighted by Gasteiger charge is -2.30. The summed E-state index contributed by atoms with van der Waals surface area (Å²) in [6.07, 6.45) is -3.44. The van der Waals surface area contributed by atoms with Crippen LogP contribution in [0.15, 0.2) is 42.5 Å². The molecule has 2 aromatic rings. The highest BCUT2D eigenvalue weighted by molar-refractivity contribution is 6.42. The normalized spacial score (nSPS) is 22.1. The maximum Gasteiger partial charge on any atom is 0.573 e. The number of amides is 2. The number of fused-ring (bicyclic) bond motifs is 1. The molecule has 4 rings (SSSR count). The van der Waals surface area contributed by atoms with Crippen LogP contribution in [-0.4, -0.2) is 48.8 Å². The molecule has 1 saturated heterocycles. The number of nitrogens with one attached hydrogen (secondary N) is 2. The first-order valence-electron chi connectivity index (χ1n) is 11.0. The molecular formula is C24H21Cl2F3N2O5. The minimum absolute atomic E-state index is 0.0617. The largest absolute Gasteiger partial charge is 0.573 e. The fraction of sp³-hybridized carbons (Fsp3) is 0.375. The topological polar surface area (TPSA) is 93.7 Å². The summed E-state index contributed by atoms with van der Waals surface area (Å²) in [7, 11) is 0. The Labute approximate surface area is 214 Å². The summed E-state index contributed by atoms with van der Waals surface area (Å²) in [5.41, 5.74) is -0.593. The van der Waals surface area contributed by atoms with Crippen molar-refractivity contribution in [3.05, 3.63) is 63.6 Å². The molecule has 1 aliphatic carbocycles. The van der Waals surface area contributed by atoms with E-state index in [1.165, 1.54) is 24.3 Å². The summed E-state index contributed by atoms with van der Waals surface area (Å²) in [6.45, 7) is -0.258. The molecule has 3 unspecified atom stereocenters. The highest BCUT2D eigenvalue weighted by Crippen LogP contribution is 2.38. The molecule has 2 amide bonds. The Balaban J connectivity index is 1.51. The first-order valence-corrected chi connectivity index (χ1v) is 11.8. The summed E-state index contributed by atoms with van der Waals surface area (Å²) >= 11 is 12.2. The second kappa shape index (κ2) is 10.3. The van der Waals surface area contributed by atoms with Gasteiger partial charge in [0.1, 0.15) is 17.9 Å². The van der Waals surface area contributed by atoms with Crippen molar-refractivity contribution in [2.75, 3.05) is 13.2 Å². The van der Waals surface area contributed by atoms with Crippen molar-refractivity contribution < 1.29 is 37.0 Å². The van der Waals surface area contributed by atoms with Gasteiger partial charge in [-0.1, -0.05) is 29.3 Å². The van der Waals surface area contributed by atoms with Crippen LogP contribution in [0, 0.1) is 0 Å². The van der Waals surface area contributed by atoms with Gasteiger partial charge >= 0.3 is 6.36 Å². The number of alkyl halides is 3. The summed E-state index contributed by atoms with van der Waals surface area (Å²) in [5.74, 6) is -2.74. The summed E-state index contributed by atoms with van der Waals surface area (Å²) in [6, 6.07) is 8.96. The number of rotatable bonds is 7. The number of carbonyl (C=O) groups is 3. The highest BCUT2D eigenvalue weighted by Gasteiger charge is 2.55. The molecule has 0 bridgehead atoms. The molecule has 192 valence electrons. The zero-order valence-corrected chi connectivity index (χ0v) is 20.2. The number of hydrogen-bond donors (Lipinski definition) is 2. The van der Waals surface area contributed by atoms with E-state index in [0.29, 0.717) is 18.4 Å². The SMILES string of the molecule is O=C(NCC(C(=O)NC12CCCC1OCC2=O)c1ccc(Cl)c(Cl)c1)c1ccc(OC(F)(F)F)cc1. The fourth-order valence-corrected chi connectivity index (χ4v) is 4.85. The lowest BCUT2D eigenvalue weighted by atomic mass is 9.90. The third kappa shape index (κ3) is 5.61. The molecule has 1 aliphatic heterocycles. The monoisotopic (exact) mass is 544 g/mol. The van der Waals surface area contributed by atoms with Crippen molar-refractivity contribution >= 4 is 40.8 Å². The van der Waals surface area contributed by atoms with Gasteiger partial charge in [-0.2, -0.15) is 0 Å². The Hall–Kier alpha value is -2.82. The maximum atomic E-state index is 13.4. The molecule has 2 N–H and O–H groups in total. The van der Waals surface area contributed by atoms with Gasteiger partial charge in [-0.3, -0.25) is 14.4 Å². The van der Waals surface area contributed by atoms with Crippen molar-refractivity contribution in [2.45, 2.75) is 43.2 Å². The maximum absolute atomic E-state index is 13.4. The van der Waals surface area contributed by atoms with E-state index in [2.05, 4.69) is 15.4 Å². The Kier molecular flexibility index (Phi) is 7.49. The van der Waals surface area contributed by atoms with Gasteiger partial charge in [0, 0.05) is 12.1 Å². The van der Waals surface area contributed by atoms with Gasteiger partial charge in [-0.15, -0.1) is 13.2 Å². The molecule has 0 radical (unpaired) electrons. The molecule has 2 aliphatic rings. The van der Waals surface area contributed by atoms with Crippen molar-refractivity contribution in [2.24, 2.45) is 0 Å². The quantitative estimate of drug-likeness (QED) is 0.538. The van der Waals surface area contributed by atoms with Crippen LogP contribution in [0.3, 0.4) is 0 Å². The van der Waals surface area contributed by atoms with E-state index in [-0.39, 0.29) is 34.5 Å². The molecule has 7 nitrogen and oxygen atoms in total. The predicted octanol–water partition coefficient (Wildman–Crippen LogP) is 4.41. The number of carbonyl (C=O) groups excluding carboxylic acids is 3. The number of Topliss-reactive ketones (excluding diaryl/α,β-unsaturated/α-hetero) is 1. The Bertz CT molecular complexity index is 1180. The van der Waals surface area contributed by atoms with Crippen LogP contribution in [-0.2, 0) is 14.3 Å². The minimum Gasteiger partial charge on any atom is -0.406 e. The van der Waals surface area contributed by atoms with Gasteiger partial charge in [0.05, 0.1) is 22.1 Å². The number of hydrogen-bond acceptors (Lipinski definition) is 5. The molecular weight excluding hydrogens is 524 g/mol. The minimum atomic E-state index is -4.85. The molecule has 0 spiro atoms. The van der Waals surface area contributed by atoms with E-state index in [9.17, 15) is 27.6 Å². The third-order valence-electron chi connectivity index (χ3n) is 6.33. The molecule has 12 heteroatoms. The van der Waals surface area contributed by atoms with E-state index in [4.69, 9.17) is 27.9 Å². The van der Waals surface area contributed by atoms with Crippen LogP contribution >= 0.6 is 23.2 Å². The average molecular weight is 545 g/mol. The molecule has 0 aromatic heterocycles. The second-order valence-electron chi connectivity index (χ2n) is 8.58. The van der Waals surface area contributed by atoms with Crippen LogP contribution in [0.2, 0.25) is 10.0 Å². The first-order chi connectivity index (χ1) is 17.0. The van der Waals surface area contributed by atoms with Gasteiger partial charge in [0.15, 0.2) is 5.78 Å². The van der Waals surface area contributed by atoms with E-state index in [1.807, 2.05) is 0 Å². The van der Waals surface area contributed by atoms with Crippen LogP contribution in [0.4, 0.5) is 13.2 Å². The lowest BCUT2D eigenvalue weighted by molar-refractivity contribution is -0.274. The molecule has 1 heterocycles. The smallest absolute Gasteiger partial charge is 0.406 e. The molecule has 36 heavy (non-hydrogen) atoms. The van der Waals surface area contributed by atoms with Gasteiger partial charge in [-0.25, -0.2) is 0 Å². The fourth-order valence-electron chi connectivity index (χ4n) is 4.54. The van der Waals surface area contributed by atoms with E-state index >= 15 is 0 Å².